The van der Waals surface area contributed by atoms with E-state index in [1.807, 2.05) is 6.07 Å². The van der Waals surface area contributed by atoms with Gasteiger partial charge in [-0.2, -0.15) is 18.3 Å². The number of benzene rings is 1. The summed E-state index contributed by atoms with van der Waals surface area (Å²) in [5, 5.41) is 6.37. The number of nitrogens with one attached hydrogen (secondary N) is 1. The Balaban J connectivity index is 2.48. The first-order chi connectivity index (χ1) is 10.7. The fourth-order valence-electron chi connectivity index (χ4n) is 2.48. The lowest BCUT2D eigenvalue weighted by Gasteiger charge is -2.22. The SMILES string of the molecule is Cc1nn(-c2ccccc2)c(C)c1[C@H](NCC(N)=O)C(F)(F)F. The minimum Gasteiger partial charge on any atom is -0.369 e. The number of aromatic nitrogens is 2. The number of hydrogen-bond donors (Lipinski definition) is 2. The maximum absolute atomic E-state index is 13.4. The first-order valence-electron chi connectivity index (χ1n) is 6.91. The van der Waals surface area contributed by atoms with E-state index >= 15 is 0 Å². The molecule has 0 bridgehead atoms. The van der Waals surface area contributed by atoms with Crippen LogP contribution >= 0.6 is 0 Å². The van der Waals surface area contributed by atoms with Gasteiger partial charge < -0.3 is 5.73 Å². The summed E-state index contributed by atoms with van der Waals surface area (Å²) in [7, 11) is 0. The molecule has 0 aliphatic carbocycles. The highest BCUT2D eigenvalue weighted by Gasteiger charge is 2.43. The molecular formula is C15H17F3N4O. The Morgan fingerprint density at radius 2 is 1.91 bits per heavy atom. The molecule has 23 heavy (non-hydrogen) atoms. The molecule has 5 nitrogen and oxygen atoms in total. The van der Waals surface area contributed by atoms with Crippen LogP contribution in [0.1, 0.15) is 23.0 Å². The third kappa shape index (κ3) is 3.70. The van der Waals surface area contributed by atoms with Crippen molar-refractivity contribution in [3.8, 4) is 5.69 Å². The lowest BCUT2D eigenvalue weighted by Crippen LogP contribution is -2.39. The third-order valence-electron chi connectivity index (χ3n) is 3.44. The number of nitrogens with zero attached hydrogens (tertiary/aromatic N) is 2. The molecule has 0 radical (unpaired) electrons. The Kier molecular flexibility index (Phi) is 4.74. The first kappa shape index (κ1) is 17.0. The predicted molar refractivity (Wildman–Crippen MR) is 79.0 cm³/mol. The summed E-state index contributed by atoms with van der Waals surface area (Å²) in [4.78, 5) is 10.8. The van der Waals surface area contributed by atoms with Gasteiger partial charge in [-0.1, -0.05) is 18.2 Å². The van der Waals surface area contributed by atoms with Crippen LogP contribution in [0.15, 0.2) is 30.3 Å². The normalized spacial score (nSPS) is 13.1. The summed E-state index contributed by atoms with van der Waals surface area (Å²) >= 11 is 0. The van der Waals surface area contributed by atoms with Crippen molar-refractivity contribution < 1.29 is 18.0 Å². The molecule has 0 aliphatic rings. The van der Waals surface area contributed by atoms with Gasteiger partial charge in [-0.05, 0) is 26.0 Å². The van der Waals surface area contributed by atoms with Gasteiger partial charge in [0.2, 0.25) is 5.91 Å². The van der Waals surface area contributed by atoms with Gasteiger partial charge in [-0.25, -0.2) is 4.68 Å². The second-order valence-electron chi connectivity index (χ2n) is 5.15. The largest absolute Gasteiger partial charge is 0.408 e. The molecule has 0 spiro atoms. The number of primary amides is 1. The van der Waals surface area contributed by atoms with E-state index in [0.29, 0.717) is 11.4 Å². The topological polar surface area (TPSA) is 72.9 Å². The van der Waals surface area contributed by atoms with E-state index in [1.165, 1.54) is 11.6 Å². The standard InChI is InChI=1S/C15H17F3N4O/c1-9-13(14(15(16,17)18)20-8-12(19)23)10(2)22(21-9)11-6-4-3-5-7-11/h3-7,14,20H,8H2,1-2H3,(H2,19,23)/t14-/m0/s1. The number of hydrogen-bond acceptors (Lipinski definition) is 3. The number of alkyl halides is 3. The molecule has 1 aromatic carbocycles. The van der Waals surface area contributed by atoms with Crippen LogP contribution in [0.4, 0.5) is 13.2 Å². The van der Waals surface area contributed by atoms with Crippen molar-refractivity contribution in [2.75, 3.05) is 6.54 Å². The molecule has 3 N–H and O–H groups in total. The van der Waals surface area contributed by atoms with Crippen LogP contribution < -0.4 is 11.1 Å². The fraction of sp³-hybridized carbons (Fsp3) is 0.333. The van der Waals surface area contributed by atoms with Gasteiger partial charge in [-0.3, -0.25) is 10.1 Å². The lowest BCUT2D eigenvalue weighted by molar-refractivity contribution is -0.158. The van der Waals surface area contributed by atoms with Crippen molar-refractivity contribution in [2.24, 2.45) is 5.73 Å². The number of nitrogens with two attached hydrogens (primary N) is 1. The molecule has 2 aromatic rings. The summed E-state index contributed by atoms with van der Waals surface area (Å²) in [5.41, 5.74) is 6.21. The number of amides is 1. The van der Waals surface area contributed by atoms with Crippen LogP contribution in [0, 0.1) is 13.8 Å². The monoisotopic (exact) mass is 326 g/mol. The van der Waals surface area contributed by atoms with E-state index in [1.54, 1.807) is 31.2 Å². The van der Waals surface area contributed by atoms with Crippen LogP contribution in [-0.2, 0) is 4.79 Å². The summed E-state index contributed by atoms with van der Waals surface area (Å²) in [6.45, 7) is 2.50. The van der Waals surface area contributed by atoms with E-state index in [0.717, 1.165) is 0 Å². The van der Waals surface area contributed by atoms with Gasteiger partial charge in [0.05, 0.1) is 17.9 Å². The summed E-state index contributed by atoms with van der Waals surface area (Å²) in [6.07, 6.45) is -4.57. The molecule has 124 valence electrons. The van der Waals surface area contributed by atoms with E-state index in [2.05, 4.69) is 10.4 Å². The van der Waals surface area contributed by atoms with Crippen molar-refractivity contribution in [1.29, 1.82) is 0 Å². The molecule has 1 heterocycles. The summed E-state index contributed by atoms with van der Waals surface area (Å²) in [5.74, 6) is -0.856. The van der Waals surface area contributed by atoms with Crippen LogP contribution in [0.3, 0.4) is 0 Å². The Bertz CT molecular complexity index is 695. The van der Waals surface area contributed by atoms with Crippen LogP contribution in [-0.4, -0.2) is 28.4 Å². The Labute approximate surface area is 131 Å². The average molecular weight is 326 g/mol. The smallest absolute Gasteiger partial charge is 0.369 e. The maximum atomic E-state index is 13.4. The molecule has 1 amide bonds. The molecule has 0 aliphatic heterocycles. The Morgan fingerprint density at radius 3 is 2.43 bits per heavy atom. The molecule has 2 rings (SSSR count). The van der Waals surface area contributed by atoms with Crippen molar-refractivity contribution >= 4 is 5.91 Å². The molecule has 0 fully saturated rings. The fourth-order valence-corrected chi connectivity index (χ4v) is 2.48. The zero-order valence-electron chi connectivity index (χ0n) is 12.7. The molecule has 1 atom stereocenters. The van der Waals surface area contributed by atoms with Crippen molar-refractivity contribution in [3.63, 3.8) is 0 Å². The van der Waals surface area contributed by atoms with Crippen molar-refractivity contribution in [3.05, 3.63) is 47.3 Å². The van der Waals surface area contributed by atoms with Crippen LogP contribution in [0.25, 0.3) is 5.69 Å². The molecule has 8 heteroatoms. The van der Waals surface area contributed by atoms with Crippen LogP contribution in [0.5, 0.6) is 0 Å². The highest BCUT2D eigenvalue weighted by molar-refractivity contribution is 5.76. The average Bonchev–Trinajstić information content (AvgIpc) is 2.75. The van der Waals surface area contributed by atoms with Gasteiger partial charge in [0.25, 0.3) is 0 Å². The van der Waals surface area contributed by atoms with Crippen molar-refractivity contribution in [2.45, 2.75) is 26.1 Å². The Morgan fingerprint density at radius 1 is 1.30 bits per heavy atom. The molecule has 0 unspecified atom stereocenters. The summed E-state index contributed by atoms with van der Waals surface area (Å²) < 4.78 is 41.6. The minimum absolute atomic E-state index is 0.00241. The number of carbonyl (C=O) groups excluding carboxylic acids is 1. The number of rotatable bonds is 5. The van der Waals surface area contributed by atoms with E-state index < -0.39 is 24.7 Å². The number of para-hydroxylation sites is 1. The second-order valence-corrected chi connectivity index (χ2v) is 5.15. The molecule has 1 aromatic heterocycles. The van der Waals surface area contributed by atoms with Gasteiger partial charge in [0, 0.05) is 11.3 Å². The highest BCUT2D eigenvalue weighted by Crippen LogP contribution is 2.36. The zero-order chi connectivity index (χ0) is 17.2. The third-order valence-corrected chi connectivity index (χ3v) is 3.44. The van der Waals surface area contributed by atoms with Gasteiger partial charge >= 0.3 is 6.18 Å². The number of aryl methyl sites for hydroxylation is 1. The number of carbonyl (C=O) groups is 1. The van der Waals surface area contributed by atoms with Crippen molar-refractivity contribution in [1.82, 2.24) is 15.1 Å². The quantitative estimate of drug-likeness (QED) is 0.884. The van der Waals surface area contributed by atoms with Gasteiger partial charge in [-0.15, -0.1) is 0 Å². The minimum atomic E-state index is -4.57. The lowest BCUT2D eigenvalue weighted by atomic mass is 10.0. The molecule has 0 saturated heterocycles. The molecular weight excluding hydrogens is 309 g/mol. The van der Waals surface area contributed by atoms with Gasteiger partial charge in [0.15, 0.2) is 0 Å². The zero-order valence-corrected chi connectivity index (χ0v) is 12.7. The van der Waals surface area contributed by atoms with Crippen LogP contribution in [0.2, 0.25) is 0 Å². The van der Waals surface area contributed by atoms with E-state index in [4.69, 9.17) is 5.73 Å². The molecule has 0 saturated carbocycles. The van der Waals surface area contributed by atoms with E-state index in [9.17, 15) is 18.0 Å². The van der Waals surface area contributed by atoms with E-state index in [-0.39, 0.29) is 11.3 Å². The summed E-state index contributed by atoms with van der Waals surface area (Å²) in [6, 6.07) is 6.86. The number of halogens is 3. The van der Waals surface area contributed by atoms with Gasteiger partial charge in [0.1, 0.15) is 6.04 Å². The maximum Gasteiger partial charge on any atom is 0.408 e. The Hall–Kier alpha value is -2.35. The first-order valence-corrected chi connectivity index (χ1v) is 6.91. The predicted octanol–water partition coefficient (Wildman–Crippen LogP) is 2.17. The highest BCUT2D eigenvalue weighted by atomic mass is 19.4. The second kappa shape index (κ2) is 6.41.